The van der Waals surface area contributed by atoms with Crippen LogP contribution in [0.25, 0.3) is 0 Å². The lowest BCUT2D eigenvalue weighted by Crippen LogP contribution is -2.45. The predicted octanol–water partition coefficient (Wildman–Crippen LogP) is 7.59. The van der Waals surface area contributed by atoms with Crippen LogP contribution in [0.1, 0.15) is 155 Å². The number of likely N-dealkylation sites (N-methyl/N-ethyl adjacent to an activating group) is 1. The van der Waals surface area contributed by atoms with Gasteiger partial charge in [0.1, 0.15) is 6.54 Å². The quantitative estimate of drug-likeness (QED) is 0.0629. The topological polar surface area (TPSA) is 66.4 Å². The van der Waals surface area contributed by atoms with Crippen LogP contribution in [0, 0.1) is 5.92 Å². The molecular weight excluding hydrogens is 462 g/mol. The van der Waals surface area contributed by atoms with Crippen molar-refractivity contribution in [1.29, 1.82) is 0 Å². The molecule has 0 fully saturated rings. The first-order chi connectivity index (χ1) is 17.6. The van der Waals surface area contributed by atoms with Crippen molar-refractivity contribution >= 4 is 11.9 Å². The Bertz CT molecular complexity index is 543. The molecule has 0 saturated carbocycles. The molecule has 0 heterocycles. The van der Waals surface area contributed by atoms with Gasteiger partial charge in [-0.1, -0.05) is 136 Å². The predicted molar refractivity (Wildman–Crippen MR) is 154 cm³/mol. The zero-order valence-corrected chi connectivity index (χ0v) is 25.5. The average Bonchev–Trinajstić information content (AvgIpc) is 2.79. The van der Waals surface area contributed by atoms with Gasteiger partial charge in [0, 0.05) is 18.8 Å². The van der Waals surface area contributed by atoms with E-state index < -0.39 is 12.1 Å². The second-order valence-electron chi connectivity index (χ2n) is 12.6. The van der Waals surface area contributed by atoms with Crippen molar-refractivity contribution < 1.29 is 23.9 Å². The van der Waals surface area contributed by atoms with E-state index in [-0.39, 0.29) is 12.4 Å². The number of unbranched alkanes of at least 4 members (excludes halogenated alkanes) is 16. The molecule has 0 spiro atoms. The molecule has 5 heteroatoms. The Labute approximate surface area is 230 Å². The van der Waals surface area contributed by atoms with Gasteiger partial charge in [-0.3, -0.25) is 4.79 Å². The highest BCUT2D eigenvalue weighted by atomic mass is 16.5. The molecular formula is C32H63NO4. The molecule has 0 bridgehead atoms. The molecule has 0 aliphatic rings. The van der Waals surface area contributed by atoms with Gasteiger partial charge in [0.15, 0.2) is 6.10 Å². The summed E-state index contributed by atoms with van der Waals surface area (Å²) < 4.78 is 5.98. The van der Waals surface area contributed by atoms with Crippen molar-refractivity contribution in [2.75, 3.05) is 27.7 Å². The van der Waals surface area contributed by atoms with Crippen LogP contribution >= 0.6 is 0 Å². The Hall–Kier alpha value is -1.10. The first-order valence-corrected chi connectivity index (χ1v) is 15.8. The molecule has 0 amide bonds. The third kappa shape index (κ3) is 27.7. The van der Waals surface area contributed by atoms with E-state index in [9.17, 15) is 14.7 Å². The maximum absolute atomic E-state index is 12.2. The summed E-state index contributed by atoms with van der Waals surface area (Å²) in [6.07, 6.45) is 26.3. The largest absolute Gasteiger partial charge is 0.550 e. The molecule has 0 aromatic carbocycles. The third-order valence-electron chi connectivity index (χ3n) is 7.32. The van der Waals surface area contributed by atoms with Gasteiger partial charge in [0.25, 0.3) is 0 Å². The van der Waals surface area contributed by atoms with Crippen molar-refractivity contribution in [3.63, 3.8) is 0 Å². The molecule has 5 nitrogen and oxygen atoms in total. The van der Waals surface area contributed by atoms with Crippen LogP contribution < -0.4 is 5.11 Å². The van der Waals surface area contributed by atoms with Gasteiger partial charge >= 0.3 is 5.97 Å². The van der Waals surface area contributed by atoms with Crippen LogP contribution in [0.15, 0.2) is 0 Å². The molecule has 0 radical (unpaired) electrons. The maximum atomic E-state index is 12.2. The molecule has 0 aromatic heterocycles. The van der Waals surface area contributed by atoms with Gasteiger partial charge in [-0.25, -0.2) is 0 Å². The van der Waals surface area contributed by atoms with Gasteiger partial charge in [-0.05, 0) is 12.3 Å². The van der Waals surface area contributed by atoms with Crippen LogP contribution in [-0.4, -0.2) is 50.2 Å². The molecule has 2 unspecified atom stereocenters. The van der Waals surface area contributed by atoms with E-state index in [1.54, 1.807) is 0 Å². The molecule has 2 atom stereocenters. The summed E-state index contributed by atoms with van der Waals surface area (Å²) in [6.45, 7) is 5.02. The Morgan fingerprint density at radius 1 is 0.676 bits per heavy atom. The molecule has 0 rings (SSSR count). The van der Waals surface area contributed by atoms with Gasteiger partial charge in [0.2, 0.25) is 0 Å². The number of hydrogen-bond donors (Lipinski definition) is 0. The highest BCUT2D eigenvalue weighted by Gasteiger charge is 2.22. The van der Waals surface area contributed by atoms with Crippen LogP contribution in [0.2, 0.25) is 0 Å². The fourth-order valence-electron chi connectivity index (χ4n) is 5.14. The number of carbonyl (C=O) groups is 2. The molecule has 0 aliphatic carbocycles. The number of ether oxygens (including phenoxy) is 1. The fraction of sp³-hybridized carbons (Fsp3) is 0.938. The normalized spacial score (nSPS) is 13.4. The van der Waals surface area contributed by atoms with Gasteiger partial charge in [0.05, 0.1) is 21.1 Å². The zero-order valence-electron chi connectivity index (χ0n) is 25.5. The molecule has 0 saturated heterocycles. The SMILES string of the molecule is CCCCCCCCCCCCCCCCCCCC(C)CCCC(=O)OC(CC(=O)[O-])C[N+](C)(C)C. The Kier molecular flexibility index (Phi) is 23.3. The van der Waals surface area contributed by atoms with E-state index in [4.69, 9.17) is 4.74 Å². The van der Waals surface area contributed by atoms with Crippen LogP contribution in [0.4, 0.5) is 0 Å². The smallest absolute Gasteiger partial charge is 0.306 e. The summed E-state index contributed by atoms with van der Waals surface area (Å²) in [7, 11) is 5.87. The van der Waals surface area contributed by atoms with Crippen molar-refractivity contribution in [1.82, 2.24) is 0 Å². The van der Waals surface area contributed by atoms with Gasteiger partial charge in [-0.2, -0.15) is 0 Å². The monoisotopic (exact) mass is 525 g/mol. The van der Waals surface area contributed by atoms with E-state index in [1.165, 1.54) is 116 Å². The Morgan fingerprint density at radius 2 is 1.08 bits per heavy atom. The molecule has 0 aliphatic heterocycles. The lowest BCUT2D eigenvalue weighted by molar-refractivity contribution is -0.873. The zero-order chi connectivity index (χ0) is 27.8. The number of nitrogens with zero attached hydrogens (tertiary/aromatic N) is 1. The Morgan fingerprint density at radius 3 is 1.49 bits per heavy atom. The minimum Gasteiger partial charge on any atom is -0.550 e. The summed E-state index contributed by atoms with van der Waals surface area (Å²) in [6, 6.07) is 0. The van der Waals surface area contributed by atoms with Crippen molar-refractivity contribution in [2.24, 2.45) is 5.92 Å². The number of aliphatic carboxylic acids is 1. The lowest BCUT2D eigenvalue weighted by Gasteiger charge is -2.29. The summed E-state index contributed by atoms with van der Waals surface area (Å²) in [5, 5.41) is 11.0. The number of carboxylic acid groups (broad SMARTS) is 1. The first kappa shape index (κ1) is 35.9. The highest BCUT2D eigenvalue weighted by Crippen LogP contribution is 2.19. The molecule has 37 heavy (non-hydrogen) atoms. The summed E-state index contributed by atoms with van der Waals surface area (Å²) >= 11 is 0. The van der Waals surface area contributed by atoms with E-state index in [0.29, 0.717) is 23.4 Å². The van der Waals surface area contributed by atoms with E-state index in [0.717, 1.165) is 12.8 Å². The average molecular weight is 526 g/mol. The second kappa shape index (κ2) is 24.0. The van der Waals surface area contributed by atoms with E-state index in [1.807, 2.05) is 21.1 Å². The number of carboxylic acids is 1. The first-order valence-electron chi connectivity index (χ1n) is 15.8. The van der Waals surface area contributed by atoms with E-state index >= 15 is 0 Å². The van der Waals surface area contributed by atoms with Crippen LogP contribution in [0.5, 0.6) is 0 Å². The van der Waals surface area contributed by atoms with Crippen molar-refractivity contribution in [3.05, 3.63) is 0 Å². The number of esters is 1. The lowest BCUT2D eigenvalue weighted by atomic mass is 9.96. The minimum atomic E-state index is -1.17. The third-order valence-corrected chi connectivity index (χ3v) is 7.32. The van der Waals surface area contributed by atoms with Crippen LogP contribution in [-0.2, 0) is 14.3 Å². The molecule has 220 valence electrons. The van der Waals surface area contributed by atoms with Crippen LogP contribution in [0.3, 0.4) is 0 Å². The van der Waals surface area contributed by atoms with Crippen molar-refractivity contribution in [3.8, 4) is 0 Å². The summed E-state index contributed by atoms with van der Waals surface area (Å²) in [5.41, 5.74) is 0. The van der Waals surface area contributed by atoms with Crippen molar-refractivity contribution in [2.45, 2.75) is 161 Å². The Balaban J connectivity index is 3.55. The molecule has 0 N–H and O–H groups in total. The van der Waals surface area contributed by atoms with E-state index in [2.05, 4.69) is 13.8 Å². The second-order valence-corrected chi connectivity index (χ2v) is 12.6. The molecule has 0 aromatic rings. The van der Waals surface area contributed by atoms with Gasteiger partial charge in [-0.15, -0.1) is 0 Å². The number of hydrogen-bond acceptors (Lipinski definition) is 4. The highest BCUT2D eigenvalue weighted by molar-refractivity contribution is 5.70. The maximum Gasteiger partial charge on any atom is 0.306 e. The summed E-state index contributed by atoms with van der Waals surface area (Å²) in [5.74, 6) is -0.840. The number of quaternary nitrogens is 1. The number of rotatable bonds is 27. The fourth-order valence-corrected chi connectivity index (χ4v) is 5.14. The summed E-state index contributed by atoms with van der Waals surface area (Å²) in [4.78, 5) is 23.2. The van der Waals surface area contributed by atoms with Gasteiger partial charge < -0.3 is 19.1 Å². The standard InChI is InChI=1S/C32H63NO4/c1-6-7-8-9-10-11-12-13-14-15-16-17-18-19-20-21-22-24-29(2)25-23-26-32(36)37-30(27-31(34)35)28-33(3,4)5/h29-30H,6-28H2,1-5H3. The minimum absolute atomic E-state index is 0.239. The number of carbonyl (C=O) groups excluding carboxylic acids is 2.